The van der Waals surface area contributed by atoms with Crippen LogP contribution in [0.4, 0.5) is 0 Å². The summed E-state index contributed by atoms with van der Waals surface area (Å²) in [5.74, 6) is 1.43. The highest BCUT2D eigenvalue weighted by Gasteiger charge is 2.12. The van der Waals surface area contributed by atoms with E-state index in [4.69, 9.17) is 9.47 Å². The third-order valence-corrected chi connectivity index (χ3v) is 2.87. The van der Waals surface area contributed by atoms with Gasteiger partial charge in [-0.1, -0.05) is 32.9 Å². The van der Waals surface area contributed by atoms with E-state index in [-0.39, 0.29) is 6.10 Å². The normalized spacial score (nSPS) is 12.7. The van der Waals surface area contributed by atoms with Gasteiger partial charge in [-0.3, -0.25) is 0 Å². The largest absolute Gasteiger partial charge is 0.497 e. The summed E-state index contributed by atoms with van der Waals surface area (Å²) in [7, 11) is 1.69. The Morgan fingerprint density at radius 1 is 1.16 bits per heavy atom. The predicted octanol–water partition coefficient (Wildman–Crippen LogP) is 3.41. The number of methoxy groups -OCH3 is 1. The van der Waals surface area contributed by atoms with E-state index in [1.807, 2.05) is 12.1 Å². The standard InChI is InChI=1S/C16H27NO2/c1-5-10-17-11-16(19-12-13(2)3)14-6-8-15(18-4)9-7-14/h6-9,13,16-17H,5,10-12H2,1-4H3. The van der Waals surface area contributed by atoms with Crippen LogP contribution in [0.3, 0.4) is 0 Å². The first kappa shape index (κ1) is 16.0. The molecule has 1 rings (SSSR count). The van der Waals surface area contributed by atoms with E-state index in [0.29, 0.717) is 5.92 Å². The van der Waals surface area contributed by atoms with Crippen molar-refractivity contribution in [3.8, 4) is 5.75 Å². The van der Waals surface area contributed by atoms with Crippen molar-refractivity contribution in [1.82, 2.24) is 5.32 Å². The molecule has 0 aliphatic heterocycles. The number of nitrogens with one attached hydrogen (secondary N) is 1. The van der Waals surface area contributed by atoms with E-state index in [0.717, 1.165) is 31.9 Å². The third-order valence-electron chi connectivity index (χ3n) is 2.87. The Labute approximate surface area is 117 Å². The molecule has 3 heteroatoms. The van der Waals surface area contributed by atoms with E-state index < -0.39 is 0 Å². The molecule has 0 aliphatic rings. The van der Waals surface area contributed by atoms with Crippen LogP contribution in [0.1, 0.15) is 38.9 Å². The van der Waals surface area contributed by atoms with Crippen LogP contribution in [0.2, 0.25) is 0 Å². The number of ether oxygens (including phenoxy) is 2. The molecule has 0 heterocycles. The van der Waals surface area contributed by atoms with Gasteiger partial charge in [-0.2, -0.15) is 0 Å². The second-order valence-corrected chi connectivity index (χ2v) is 5.19. The van der Waals surface area contributed by atoms with Crippen LogP contribution in [0.15, 0.2) is 24.3 Å². The first-order valence-electron chi connectivity index (χ1n) is 7.13. The molecule has 0 aliphatic carbocycles. The molecular weight excluding hydrogens is 238 g/mol. The van der Waals surface area contributed by atoms with Crippen LogP contribution >= 0.6 is 0 Å². The Morgan fingerprint density at radius 2 is 1.84 bits per heavy atom. The summed E-state index contributed by atoms with van der Waals surface area (Å²) in [5.41, 5.74) is 1.20. The van der Waals surface area contributed by atoms with E-state index in [9.17, 15) is 0 Å². The van der Waals surface area contributed by atoms with Gasteiger partial charge in [0.25, 0.3) is 0 Å². The minimum Gasteiger partial charge on any atom is -0.497 e. The maximum absolute atomic E-state index is 6.01. The smallest absolute Gasteiger partial charge is 0.118 e. The fraction of sp³-hybridized carbons (Fsp3) is 0.625. The van der Waals surface area contributed by atoms with Crippen LogP contribution in [0.5, 0.6) is 5.75 Å². The van der Waals surface area contributed by atoms with Crippen molar-refractivity contribution in [3.63, 3.8) is 0 Å². The molecule has 1 atom stereocenters. The van der Waals surface area contributed by atoms with Gasteiger partial charge in [-0.15, -0.1) is 0 Å². The monoisotopic (exact) mass is 265 g/mol. The Kier molecular flexibility index (Phi) is 7.53. The third kappa shape index (κ3) is 6.08. The molecule has 0 radical (unpaired) electrons. The van der Waals surface area contributed by atoms with E-state index in [2.05, 4.69) is 38.2 Å². The maximum Gasteiger partial charge on any atom is 0.118 e. The van der Waals surface area contributed by atoms with E-state index in [1.165, 1.54) is 5.56 Å². The molecule has 0 fully saturated rings. The van der Waals surface area contributed by atoms with Crippen molar-refractivity contribution < 1.29 is 9.47 Å². The molecule has 0 saturated heterocycles. The summed E-state index contributed by atoms with van der Waals surface area (Å²) in [5, 5.41) is 3.43. The molecule has 1 unspecified atom stereocenters. The molecule has 3 nitrogen and oxygen atoms in total. The number of hydrogen-bond acceptors (Lipinski definition) is 3. The van der Waals surface area contributed by atoms with Gasteiger partial charge in [0, 0.05) is 13.2 Å². The Balaban J connectivity index is 2.63. The van der Waals surface area contributed by atoms with Crippen LogP contribution in [0.25, 0.3) is 0 Å². The van der Waals surface area contributed by atoms with Crippen molar-refractivity contribution in [2.45, 2.75) is 33.3 Å². The van der Waals surface area contributed by atoms with Gasteiger partial charge in [-0.25, -0.2) is 0 Å². The summed E-state index contributed by atoms with van der Waals surface area (Å²) < 4.78 is 11.2. The fourth-order valence-electron chi connectivity index (χ4n) is 1.81. The molecule has 0 spiro atoms. The van der Waals surface area contributed by atoms with Crippen LogP contribution < -0.4 is 10.1 Å². The average Bonchev–Trinajstić information content (AvgIpc) is 2.42. The number of benzene rings is 1. The minimum atomic E-state index is 0.111. The molecule has 0 bridgehead atoms. The number of hydrogen-bond donors (Lipinski definition) is 1. The summed E-state index contributed by atoms with van der Waals surface area (Å²) >= 11 is 0. The highest BCUT2D eigenvalue weighted by molar-refractivity contribution is 5.28. The van der Waals surface area contributed by atoms with E-state index in [1.54, 1.807) is 7.11 Å². The number of rotatable bonds is 9. The quantitative estimate of drug-likeness (QED) is 0.694. The highest BCUT2D eigenvalue weighted by Crippen LogP contribution is 2.21. The van der Waals surface area contributed by atoms with Crippen LogP contribution in [0, 0.1) is 5.92 Å². The lowest BCUT2D eigenvalue weighted by atomic mass is 10.1. The summed E-state index contributed by atoms with van der Waals surface area (Å²) in [6.07, 6.45) is 1.25. The molecule has 1 aromatic carbocycles. The zero-order valence-corrected chi connectivity index (χ0v) is 12.6. The predicted molar refractivity (Wildman–Crippen MR) is 79.7 cm³/mol. The van der Waals surface area contributed by atoms with Crippen molar-refractivity contribution in [2.24, 2.45) is 5.92 Å². The average molecular weight is 265 g/mol. The van der Waals surface area contributed by atoms with Gasteiger partial charge < -0.3 is 14.8 Å². The fourth-order valence-corrected chi connectivity index (χ4v) is 1.81. The molecule has 108 valence electrons. The van der Waals surface area contributed by atoms with E-state index >= 15 is 0 Å². The van der Waals surface area contributed by atoms with Crippen LogP contribution in [-0.2, 0) is 4.74 Å². The second kappa shape index (κ2) is 8.94. The summed E-state index contributed by atoms with van der Waals surface area (Å²) in [4.78, 5) is 0. The van der Waals surface area contributed by atoms with Gasteiger partial charge in [0.1, 0.15) is 5.75 Å². The highest BCUT2D eigenvalue weighted by atomic mass is 16.5. The molecule has 0 amide bonds. The lowest BCUT2D eigenvalue weighted by Gasteiger charge is -2.20. The zero-order chi connectivity index (χ0) is 14.1. The van der Waals surface area contributed by atoms with Gasteiger partial charge in [0.2, 0.25) is 0 Å². The Morgan fingerprint density at radius 3 is 2.37 bits per heavy atom. The topological polar surface area (TPSA) is 30.5 Å². The van der Waals surface area contributed by atoms with Crippen molar-refractivity contribution in [1.29, 1.82) is 0 Å². The van der Waals surface area contributed by atoms with Gasteiger partial charge >= 0.3 is 0 Å². The Hall–Kier alpha value is -1.06. The van der Waals surface area contributed by atoms with Crippen molar-refractivity contribution >= 4 is 0 Å². The molecular formula is C16H27NO2. The first-order valence-corrected chi connectivity index (χ1v) is 7.13. The summed E-state index contributed by atoms with van der Waals surface area (Å²) in [6.45, 7) is 9.18. The van der Waals surface area contributed by atoms with Gasteiger partial charge in [-0.05, 0) is 36.6 Å². The molecule has 19 heavy (non-hydrogen) atoms. The molecule has 1 N–H and O–H groups in total. The molecule has 0 saturated carbocycles. The summed E-state index contributed by atoms with van der Waals surface area (Å²) in [6, 6.07) is 8.14. The van der Waals surface area contributed by atoms with Gasteiger partial charge in [0.15, 0.2) is 0 Å². The first-order chi connectivity index (χ1) is 9.17. The minimum absolute atomic E-state index is 0.111. The second-order valence-electron chi connectivity index (χ2n) is 5.19. The molecule has 0 aromatic heterocycles. The van der Waals surface area contributed by atoms with Crippen LogP contribution in [-0.4, -0.2) is 26.8 Å². The SMILES string of the molecule is CCCNCC(OCC(C)C)c1ccc(OC)cc1. The van der Waals surface area contributed by atoms with Crippen molar-refractivity contribution in [3.05, 3.63) is 29.8 Å². The Bertz CT molecular complexity index is 335. The van der Waals surface area contributed by atoms with Gasteiger partial charge in [0.05, 0.1) is 13.2 Å². The van der Waals surface area contributed by atoms with Crippen molar-refractivity contribution in [2.75, 3.05) is 26.8 Å². The lowest BCUT2D eigenvalue weighted by Crippen LogP contribution is -2.25. The zero-order valence-electron chi connectivity index (χ0n) is 12.6. The lowest BCUT2D eigenvalue weighted by molar-refractivity contribution is 0.0352. The molecule has 1 aromatic rings. The maximum atomic E-state index is 6.01.